The summed E-state index contributed by atoms with van der Waals surface area (Å²) in [6.45, 7) is -0.370. The number of carbonyl (C=O) groups is 2. The van der Waals surface area contributed by atoms with Crippen LogP contribution in [0, 0.1) is 17.8 Å². The number of hydrogen-bond acceptors (Lipinski definition) is 8. The molecule has 0 saturated carbocycles. The van der Waals surface area contributed by atoms with Gasteiger partial charge in [0.2, 0.25) is 11.8 Å². The van der Waals surface area contributed by atoms with E-state index in [4.69, 9.17) is 16.3 Å². The average Bonchev–Trinajstić information content (AvgIpc) is 3.45. The van der Waals surface area contributed by atoms with Crippen molar-refractivity contribution < 1.29 is 29.6 Å². The Morgan fingerprint density at radius 1 is 0.907 bits per heavy atom. The molecular formula is C44H40ClN3O6. The number of nitrogens with zero attached hydrogens (tertiary/aromatic N) is 2. The van der Waals surface area contributed by atoms with Gasteiger partial charge in [0.1, 0.15) is 18.1 Å². The summed E-state index contributed by atoms with van der Waals surface area (Å²) in [7, 11) is 0. The first-order valence-electron chi connectivity index (χ1n) is 17.9. The lowest BCUT2D eigenvalue weighted by Crippen LogP contribution is -2.40. The molecule has 7 rings (SSSR count). The maximum absolute atomic E-state index is 14.3. The first-order chi connectivity index (χ1) is 26.3. The van der Waals surface area contributed by atoms with E-state index < -0.39 is 36.4 Å². The first kappa shape index (κ1) is 36.6. The minimum Gasteiger partial charge on any atom is -0.508 e. The Balaban J connectivity index is 1.18. The normalized spacial score (nSPS) is 19.1. The molecule has 0 unspecified atom stereocenters. The molecule has 1 fully saturated rings. The molecule has 1 saturated heterocycles. The maximum atomic E-state index is 14.3. The van der Waals surface area contributed by atoms with Crippen LogP contribution < -0.4 is 15.0 Å². The highest BCUT2D eigenvalue weighted by Gasteiger charge is 2.55. The van der Waals surface area contributed by atoms with E-state index in [-0.39, 0.29) is 31.1 Å². The van der Waals surface area contributed by atoms with E-state index in [2.05, 4.69) is 10.3 Å². The van der Waals surface area contributed by atoms with Gasteiger partial charge in [0.15, 0.2) is 0 Å². The number of benzene rings is 4. The average molecular weight is 742 g/mol. The topological polar surface area (TPSA) is 132 Å². The fourth-order valence-corrected chi connectivity index (χ4v) is 7.74. The maximum Gasteiger partial charge on any atom is 0.238 e. The monoisotopic (exact) mass is 741 g/mol. The van der Waals surface area contributed by atoms with Crippen molar-refractivity contribution in [2.75, 3.05) is 23.4 Å². The fraction of sp³-hybridized carbons (Fsp3) is 0.205. The van der Waals surface area contributed by atoms with Crippen molar-refractivity contribution in [3.63, 3.8) is 0 Å². The number of imide groups is 1. The summed E-state index contributed by atoms with van der Waals surface area (Å²) < 4.78 is 6.18. The number of phenols is 1. The molecule has 4 atom stereocenters. The lowest BCUT2D eigenvalue weighted by atomic mass is 9.68. The van der Waals surface area contributed by atoms with Crippen molar-refractivity contribution in [3.8, 4) is 11.5 Å². The third-order valence-corrected chi connectivity index (χ3v) is 10.4. The Morgan fingerprint density at radius 3 is 2.30 bits per heavy atom. The van der Waals surface area contributed by atoms with Crippen LogP contribution in [0.25, 0.3) is 11.6 Å². The van der Waals surface area contributed by atoms with E-state index in [0.717, 1.165) is 16.9 Å². The van der Waals surface area contributed by atoms with Gasteiger partial charge in [-0.3, -0.25) is 19.5 Å². The Hall–Kier alpha value is -5.74. The molecule has 2 heterocycles. The van der Waals surface area contributed by atoms with Crippen LogP contribution in [0.1, 0.15) is 30.5 Å². The van der Waals surface area contributed by atoms with Crippen molar-refractivity contribution in [2.45, 2.75) is 25.4 Å². The van der Waals surface area contributed by atoms with Gasteiger partial charge in [-0.2, -0.15) is 0 Å². The van der Waals surface area contributed by atoms with Crippen LogP contribution in [0.4, 0.5) is 17.1 Å². The standard InChI is InChI=1S/C44H40ClN3O6/c45-38-25-34(50)20-14-28(38)23-29(39-13-7-8-22-46-39)15-21-40(51)41-30(27-54-35-11-5-2-6-12-35)24-36-42(37(41)26-49)44(53)48(43(36)52)33-18-16-32(17-19-33)47-31-9-3-1-4-10-31/h1-14,16-20,22-23,25,36-37,40,42,47,49-51H,15,21,24,26-27H2/b29-23-/t36-,37+,40-,42-/m1/s1. The van der Waals surface area contributed by atoms with Crippen molar-refractivity contribution in [3.05, 3.63) is 155 Å². The molecule has 2 aliphatic rings. The molecule has 1 aliphatic heterocycles. The zero-order valence-electron chi connectivity index (χ0n) is 29.4. The first-order valence-corrected chi connectivity index (χ1v) is 18.3. The highest BCUT2D eigenvalue weighted by Crippen LogP contribution is 2.47. The molecule has 9 nitrogen and oxygen atoms in total. The summed E-state index contributed by atoms with van der Waals surface area (Å²) >= 11 is 6.47. The minimum atomic E-state index is -1.08. The number of fused-ring (bicyclic) bond motifs is 1. The van der Waals surface area contributed by atoms with Gasteiger partial charge < -0.3 is 25.4 Å². The number of carbonyl (C=O) groups excluding carboxylic acids is 2. The van der Waals surface area contributed by atoms with Crippen molar-refractivity contribution in [1.82, 2.24) is 4.98 Å². The second-order valence-corrected chi connectivity index (χ2v) is 13.9. The molecule has 0 radical (unpaired) electrons. The van der Waals surface area contributed by atoms with Crippen molar-refractivity contribution in [2.24, 2.45) is 17.8 Å². The Bertz CT molecular complexity index is 2160. The molecule has 0 bridgehead atoms. The quantitative estimate of drug-likeness (QED) is 0.0704. The zero-order chi connectivity index (χ0) is 37.6. The third kappa shape index (κ3) is 7.94. The van der Waals surface area contributed by atoms with Crippen molar-refractivity contribution in [1.29, 1.82) is 0 Å². The number of allylic oxidation sites excluding steroid dienone is 1. The number of aromatic nitrogens is 1. The number of amides is 2. The van der Waals surface area contributed by atoms with E-state index in [1.54, 1.807) is 30.5 Å². The van der Waals surface area contributed by atoms with E-state index in [9.17, 15) is 24.9 Å². The number of aromatic hydroxyl groups is 1. The predicted octanol–water partition coefficient (Wildman–Crippen LogP) is 8.06. The van der Waals surface area contributed by atoms with Crippen LogP contribution in [0.3, 0.4) is 0 Å². The summed E-state index contributed by atoms with van der Waals surface area (Å²) in [6.07, 6.45) is 3.26. The highest BCUT2D eigenvalue weighted by molar-refractivity contribution is 6.32. The number of para-hydroxylation sites is 2. The second kappa shape index (κ2) is 16.5. The SMILES string of the molecule is O=C1[C@@H]2[C@@H](CC(COc3ccccc3)=C([C@H](O)CC/C(=C/c3ccc(O)cc3Cl)c3ccccn3)[C@@H]2CO)C(=O)N1c1ccc(Nc2ccccc2)cc1. The summed E-state index contributed by atoms with van der Waals surface area (Å²) in [6, 6.07) is 36.3. The summed E-state index contributed by atoms with van der Waals surface area (Å²) in [4.78, 5) is 34.1. The van der Waals surface area contributed by atoms with Crippen LogP contribution in [0.5, 0.6) is 11.5 Å². The van der Waals surface area contributed by atoms with E-state index >= 15 is 0 Å². The summed E-state index contributed by atoms with van der Waals surface area (Å²) in [5.74, 6) is -2.50. The van der Waals surface area contributed by atoms with E-state index in [1.807, 2.05) is 97.1 Å². The molecular weight excluding hydrogens is 702 g/mol. The van der Waals surface area contributed by atoms with Crippen molar-refractivity contribution >= 4 is 52.1 Å². The number of rotatable bonds is 13. The van der Waals surface area contributed by atoms with Crippen LogP contribution in [-0.2, 0) is 9.59 Å². The number of pyridine rings is 1. The van der Waals surface area contributed by atoms with Crippen LogP contribution in [0.2, 0.25) is 5.02 Å². The summed E-state index contributed by atoms with van der Waals surface area (Å²) in [5, 5.41) is 36.6. The number of anilines is 3. The number of halogens is 1. The smallest absolute Gasteiger partial charge is 0.238 e. The Morgan fingerprint density at radius 2 is 1.61 bits per heavy atom. The Kier molecular flexibility index (Phi) is 11.2. The van der Waals surface area contributed by atoms with E-state index in [1.165, 1.54) is 11.0 Å². The molecule has 4 aromatic carbocycles. The molecule has 1 aromatic heterocycles. The van der Waals surface area contributed by atoms with Gasteiger partial charge in [-0.15, -0.1) is 0 Å². The lowest BCUT2D eigenvalue weighted by Gasteiger charge is -2.36. The van der Waals surface area contributed by atoms with Gasteiger partial charge in [-0.25, -0.2) is 0 Å². The minimum absolute atomic E-state index is 0.0467. The van der Waals surface area contributed by atoms with Crippen LogP contribution in [0.15, 0.2) is 139 Å². The largest absolute Gasteiger partial charge is 0.508 e. The van der Waals surface area contributed by atoms with Crippen LogP contribution >= 0.6 is 11.6 Å². The number of ether oxygens (including phenoxy) is 1. The Labute approximate surface area is 318 Å². The highest BCUT2D eigenvalue weighted by atomic mass is 35.5. The molecule has 5 aromatic rings. The van der Waals surface area contributed by atoms with Gasteiger partial charge in [-0.1, -0.05) is 54.1 Å². The number of hydrogen-bond donors (Lipinski definition) is 4. The number of phenolic OH excluding ortho intramolecular Hbond substituents is 1. The predicted molar refractivity (Wildman–Crippen MR) is 210 cm³/mol. The third-order valence-electron chi connectivity index (χ3n) is 10.1. The van der Waals surface area contributed by atoms with Gasteiger partial charge in [0, 0.05) is 23.5 Å². The molecule has 2 amide bonds. The number of aliphatic hydroxyl groups is 2. The number of aliphatic hydroxyl groups excluding tert-OH is 2. The molecule has 274 valence electrons. The lowest BCUT2D eigenvalue weighted by molar-refractivity contribution is -0.123. The van der Waals surface area contributed by atoms with E-state index in [0.29, 0.717) is 45.3 Å². The summed E-state index contributed by atoms with van der Waals surface area (Å²) in [5.41, 5.74) is 5.51. The van der Waals surface area contributed by atoms with Gasteiger partial charge >= 0.3 is 0 Å². The fourth-order valence-electron chi connectivity index (χ4n) is 7.51. The second-order valence-electron chi connectivity index (χ2n) is 13.5. The van der Waals surface area contributed by atoms with Crippen LogP contribution in [-0.4, -0.2) is 51.4 Å². The molecule has 4 N–H and O–H groups in total. The molecule has 54 heavy (non-hydrogen) atoms. The van der Waals surface area contributed by atoms with Gasteiger partial charge in [0.05, 0.1) is 41.0 Å². The number of nitrogens with one attached hydrogen (secondary N) is 1. The molecule has 0 spiro atoms. The van der Waals surface area contributed by atoms with Gasteiger partial charge in [0.25, 0.3) is 0 Å². The zero-order valence-corrected chi connectivity index (χ0v) is 30.1. The van der Waals surface area contributed by atoms with Gasteiger partial charge in [-0.05, 0) is 126 Å². The molecule has 10 heteroatoms. The molecule has 1 aliphatic carbocycles.